The van der Waals surface area contributed by atoms with Gasteiger partial charge in [-0.05, 0) is 86.6 Å². The molecule has 12 heteroatoms. The van der Waals surface area contributed by atoms with Crippen molar-refractivity contribution in [1.82, 2.24) is 14.8 Å². The van der Waals surface area contributed by atoms with Crippen molar-refractivity contribution in [3.05, 3.63) is 101 Å². The fourth-order valence-electron chi connectivity index (χ4n) is 6.61. The van der Waals surface area contributed by atoms with Crippen molar-refractivity contribution < 1.29 is 27.1 Å². The van der Waals surface area contributed by atoms with Crippen LogP contribution in [0.3, 0.4) is 0 Å². The van der Waals surface area contributed by atoms with Crippen LogP contribution < -0.4 is 13.8 Å². The van der Waals surface area contributed by atoms with E-state index in [0.717, 1.165) is 16.4 Å². The highest BCUT2D eigenvalue weighted by molar-refractivity contribution is 7.93. The Bertz CT molecular complexity index is 1910. The first-order chi connectivity index (χ1) is 22.2. The van der Waals surface area contributed by atoms with Gasteiger partial charge in [0.05, 0.1) is 48.7 Å². The number of hydrogen-bond donors (Lipinski definition) is 0. The molecule has 1 amide bonds. The highest BCUT2D eigenvalue weighted by Gasteiger charge is 2.62. The van der Waals surface area contributed by atoms with Crippen molar-refractivity contribution in [3.8, 4) is 17.6 Å². The third-order valence-electron chi connectivity index (χ3n) is 8.89. The molecule has 11 nitrogen and oxygen atoms in total. The Balaban J connectivity index is 1.68. The molecule has 3 aromatic carbocycles. The Morgan fingerprint density at radius 1 is 1.09 bits per heavy atom. The summed E-state index contributed by atoms with van der Waals surface area (Å²) in [6.45, 7) is 3.86. The van der Waals surface area contributed by atoms with E-state index in [-0.39, 0.29) is 16.1 Å². The molecule has 6 rings (SSSR count). The molecule has 2 atom stereocenters. The number of anilines is 1. The predicted octanol–water partition coefficient (Wildman–Crippen LogP) is 4.83. The molecule has 0 spiro atoms. The van der Waals surface area contributed by atoms with E-state index in [2.05, 4.69) is 22.9 Å². The molecule has 1 fully saturated rings. The number of rotatable bonds is 10. The molecule has 1 saturated heterocycles. The maximum Gasteiger partial charge on any atom is 0.271 e. The lowest BCUT2D eigenvalue weighted by molar-refractivity contribution is -0.127. The van der Waals surface area contributed by atoms with E-state index in [0.29, 0.717) is 54.4 Å². The zero-order chi connectivity index (χ0) is 32.6. The molecule has 2 unspecified atom stereocenters. The quantitative estimate of drug-likeness (QED) is 0.237. The van der Waals surface area contributed by atoms with Crippen molar-refractivity contribution in [2.45, 2.75) is 42.8 Å². The summed E-state index contributed by atoms with van der Waals surface area (Å²) < 4.78 is 46.9. The molecule has 238 valence electrons. The molecule has 0 bridgehead atoms. The molecular weight excluding hydrogens is 606 g/mol. The summed E-state index contributed by atoms with van der Waals surface area (Å²) in [6, 6.07) is 18.0. The molecule has 0 aliphatic carbocycles. The van der Waals surface area contributed by atoms with Crippen molar-refractivity contribution >= 4 is 21.6 Å². The second-order valence-electron chi connectivity index (χ2n) is 11.4. The van der Waals surface area contributed by atoms with Gasteiger partial charge in [-0.3, -0.25) is 9.69 Å². The molecule has 3 heterocycles. The monoisotopic (exact) mass is 641 g/mol. The summed E-state index contributed by atoms with van der Waals surface area (Å²) in [4.78, 5) is 23.9. The van der Waals surface area contributed by atoms with Gasteiger partial charge in [0, 0.05) is 24.2 Å². The fraction of sp³-hybridized carbons (Fsp3) is 0.324. The molecule has 1 aromatic heterocycles. The number of oxazole rings is 1. The van der Waals surface area contributed by atoms with Crippen molar-refractivity contribution in [2.75, 3.05) is 38.7 Å². The molecule has 0 radical (unpaired) electrons. The van der Waals surface area contributed by atoms with Gasteiger partial charge in [0.1, 0.15) is 17.8 Å². The number of nitriles is 1. The van der Waals surface area contributed by atoms with Crippen molar-refractivity contribution in [1.29, 1.82) is 5.26 Å². The van der Waals surface area contributed by atoms with E-state index in [1.807, 2.05) is 30.1 Å². The van der Waals surface area contributed by atoms with Gasteiger partial charge < -0.3 is 18.8 Å². The summed E-state index contributed by atoms with van der Waals surface area (Å²) >= 11 is 0. The Hall–Kier alpha value is -4.70. The van der Waals surface area contributed by atoms with Gasteiger partial charge in [0.2, 0.25) is 5.89 Å². The number of carbonyl (C=O) groups is 1. The average molecular weight is 642 g/mol. The van der Waals surface area contributed by atoms with Crippen molar-refractivity contribution in [3.63, 3.8) is 0 Å². The summed E-state index contributed by atoms with van der Waals surface area (Å²) in [5.41, 5.74) is 0.483. The van der Waals surface area contributed by atoms with Gasteiger partial charge in [-0.15, -0.1) is 0 Å². The Morgan fingerprint density at radius 2 is 1.87 bits per heavy atom. The minimum atomic E-state index is -4.45. The number of sulfonamides is 1. The molecule has 2 aliphatic heterocycles. The SMILES string of the molecule is CCN(C)Cc1ccc(OC)c(C2(N3CCCC3c3ncco3)C(=O)N(S(=O)(=O)c3ccc(OC)cc3)c3ccc(C#N)cc32)c1. The summed E-state index contributed by atoms with van der Waals surface area (Å²) in [7, 11) is 0.566. The molecular formula is C34H35N5O6S. The first kappa shape index (κ1) is 31.3. The normalized spacial score (nSPS) is 19.8. The first-order valence-corrected chi connectivity index (χ1v) is 16.4. The lowest BCUT2D eigenvalue weighted by Gasteiger charge is -2.41. The van der Waals surface area contributed by atoms with E-state index in [9.17, 15) is 13.7 Å². The highest BCUT2D eigenvalue weighted by atomic mass is 32.2. The van der Waals surface area contributed by atoms with Crippen LogP contribution in [0.25, 0.3) is 0 Å². The maximum atomic E-state index is 15.5. The Kier molecular flexibility index (Phi) is 8.33. The standard InChI is InChI=1S/C34H35N5O6S/c1-5-37(2)22-24-9-15-31(44-4)28(20-24)34(38-17-6-7-30(38)32-36-16-18-45-32)27-19-23(21-35)8-14-29(27)39(33(34)40)46(41,42)26-12-10-25(43-3)11-13-26/h8-16,18-20,30H,5-7,17,22H2,1-4H3. The van der Waals surface area contributed by atoms with Crippen LogP contribution in [0.5, 0.6) is 11.5 Å². The van der Waals surface area contributed by atoms with Crippen LogP contribution in [-0.4, -0.2) is 63.5 Å². The van der Waals surface area contributed by atoms with Gasteiger partial charge in [0.15, 0.2) is 5.54 Å². The number of aromatic nitrogens is 1. The fourth-order valence-corrected chi connectivity index (χ4v) is 8.07. The van der Waals surface area contributed by atoms with Crippen LogP contribution in [0.15, 0.2) is 82.4 Å². The number of likely N-dealkylation sites (tertiary alicyclic amines) is 1. The van der Waals surface area contributed by atoms with Crippen LogP contribution in [0, 0.1) is 11.3 Å². The van der Waals surface area contributed by atoms with E-state index < -0.39 is 27.5 Å². The van der Waals surface area contributed by atoms with Crippen LogP contribution in [-0.2, 0) is 26.9 Å². The third kappa shape index (κ3) is 4.92. The zero-order valence-corrected chi connectivity index (χ0v) is 27.0. The van der Waals surface area contributed by atoms with Gasteiger partial charge in [0.25, 0.3) is 15.9 Å². The number of nitrogens with zero attached hydrogens (tertiary/aromatic N) is 5. The molecule has 4 aromatic rings. The molecule has 2 aliphatic rings. The average Bonchev–Trinajstić information content (AvgIpc) is 3.83. The van der Waals surface area contributed by atoms with Crippen LogP contribution in [0.1, 0.15) is 54.0 Å². The van der Waals surface area contributed by atoms with Crippen LogP contribution in [0.2, 0.25) is 0 Å². The topological polar surface area (TPSA) is 129 Å². The highest BCUT2D eigenvalue weighted by Crippen LogP contribution is 2.56. The van der Waals surface area contributed by atoms with Gasteiger partial charge >= 0.3 is 0 Å². The zero-order valence-electron chi connectivity index (χ0n) is 26.1. The van der Waals surface area contributed by atoms with Gasteiger partial charge in [-0.25, -0.2) is 17.7 Å². The number of hydrogen-bond acceptors (Lipinski definition) is 10. The summed E-state index contributed by atoms with van der Waals surface area (Å²) in [5, 5.41) is 10.0. The van der Waals surface area contributed by atoms with Crippen LogP contribution in [0.4, 0.5) is 5.69 Å². The van der Waals surface area contributed by atoms with E-state index in [1.54, 1.807) is 12.3 Å². The number of benzene rings is 3. The van der Waals surface area contributed by atoms with E-state index in [1.165, 1.54) is 56.9 Å². The Morgan fingerprint density at radius 3 is 2.52 bits per heavy atom. The number of fused-ring (bicyclic) bond motifs is 1. The van der Waals surface area contributed by atoms with Gasteiger partial charge in [-0.1, -0.05) is 13.0 Å². The Labute approximate surface area is 268 Å². The molecule has 0 N–H and O–H groups in total. The van der Waals surface area contributed by atoms with Crippen molar-refractivity contribution in [2.24, 2.45) is 0 Å². The minimum Gasteiger partial charge on any atom is -0.497 e. The van der Waals surface area contributed by atoms with E-state index in [4.69, 9.17) is 13.9 Å². The number of amides is 1. The number of methoxy groups -OCH3 is 2. The minimum absolute atomic E-state index is 0.0799. The number of carbonyl (C=O) groups excluding carboxylic acids is 1. The molecule has 0 saturated carbocycles. The lowest BCUT2D eigenvalue weighted by atomic mass is 9.79. The number of ether oxygens (including phenoxy) is 2. The summed E-state index contributed by atoms with van der Waals surface area (Å²) in [6.07, 6.45) is 4.35. The lowest BCUT2D eigenvalue weighted by Crippen LogP contribution is -2.54. The van der Waals surface area contributed by atoms with Crippen LogP contribution >= 0.6 is 0 Å². The second kappa shape index (κ2) is 12.2. The van der Waals surface area contributed by atoms with Gasteiger partial charge in [-0.2, -0.15) is 5.26 Å². The maximum absolute atomic E-state index is 15.5. The first-order valence-electron chi connectivity index (χ1n) is 15.0. The smallest absolute Gasteiger partial charge is 0.271 e. The second-order valence-corrected chi connectivity index (χ2v) is 13.2. The summed E-state index contributed by atoms with van der Waals surface area (Å²) in [5.74, 6) is 0.599. The third-order valence-corrected chi connectivity index (χ3v) is 10.6. The van der Waals surface area contributed by atoms with E-state index >= 15 is 4.79 Å². The molecule has 46 heavy (non-hydrogen) atoms. The predicted molar refractivity (Wildman–Crippen MR) is 170 cm³/mol. The largest absolute Gasteiger partial charge is 0.497 e.